The minimum atomic E-state index is -1.14. The van der Waals surface area contributed by atoms with Gasteiger partial charge in [-0.3, -0.25) is 4.79 Å². The van der Waals surface area contributed by atoms with E-state index in [0.29, 0.717) is 5.56 Å². The second-order valence-corrected chi connectivity index (χ2v) is 4.81. The summed E-state index contributed by atoms with van der Waals surface area (Å²) >= 11 is 0. The van der Waals surface area contributed by atoms with Gasteiger partial charge in [0.25, 0.3) is 5.91 Å². The Balaban J connectivity index is 2.27. The van der Waals surface area contributed by atoms with Gasteiger partial charge >= 0.3 is 5.97 Å². The molecule has 0 aliphatic carbocycles. The Bertz CT molecular complexity index is 722. The van der Waals surface area contributed by atoms with Gasteiger partial charge in [-0.2, -0.15) is 0 Å². The van der Waals surface area contributed by atoms with Crippen molar-refractivity contribution >= 4 is 17.6 Å². The molecule has 2 aromatic carbocycles. The number of aryl methyl sites for hydroxylation is 2. The monoisotopic (exact) mass is 285 g/mol. The van der Waals surface area contributed by atoms with Gasteiger partial charge in [-0.1, -0.05) is 17.7 Å². The van der Waals surface area contributed by atoms with Gasteiger partial charge in [-0.15, -0.1) is 0 Å². The van der Waals surface area contributed by atoms with Crippen molar-refractivity contribution in [2.75, 3.05) is 5.32 Å². The Morgan fingerprint density at radius 2 is 1.76 bits per heavy atom. The summed E-state index contributed by atoms with van der Waals surface area (Å²) in [6.07, 6.45) is 0. The average Bonchev–Trinajstić information content (AvgIpc) is 2.43. The summed E-state index contributed by atoms with van der Waals surface area (Å²) in [7, 11) is 0. The van der Waals surface area contributed by atoms with Crippen molar-refractivity contribution in [2.24, 2.45) is 0 Å². The molecule has 0 heterocycles. The predicted molar refractivity (Wildman–Crippen MR) is 78.9 cm³/mol. The number of hydrogen-bond acceptors (Lipinski definition) is 3. The first-order valence-electron chi connectivity index (χ1n) is 6.33. The van der Waals surface area contributed by atoms with Crippen LogP contribution in [0, 0.1) is 13.8 Å². The summed E-state index contributed by atoms with van der Waals surface area (Å²) in [5, 5.41) is 21.2. The molecule has 0 unspecified atom stereocenters. The summed E-state index contributed by atoms with van der Waals surface area (Å²) in [6.45, 7) is 3.71. The summed E-state index contributed by atoms with van der Waals surface area (Å²) in [4.78, 5) is 23.0. The lowest BCUT2D eigenvalue weighted by molar-refractivity contribution is 0.0696. The van der Waals surface area contributed by atoms with Gasteiger partial charge in [0, 0.05) is 5.56 Å². The predicted octanol–water partition coefficient (Wildman–Crippen LogP) is 2.96. The molecule has 0 aromatic heterocycles. The summed E-state index contributed by atoms with van der Waals surface area (Å²) in [6, 6.07) is 9.29. The Kier molecular flexibility index (Phi) is 3.93. The lowest BCUT2D eigenvalue weighted by Crippen LogP contribution is -2.14. The molecule has 0 aliphatic heterocycles. The SMILES string of the molecule is Cc1ccc(C)c(C(=O)Nc2ccc(C(=O)O)cc2O)c1. The molecule has 0 aliphatic rings. The van der Waals surface area contributed by atoms with Gasteiger partial charge in [-0.25, -0.2) is 4.79 Å². The molecule has 5 heteroatoms. The number of hydrogen-bond donors (Lipinski definition) is 3. The van der Waals surface area contributed by atoms with Crippen LogP contribution in [0.3, 0.4) is 0 Å². The van der Waals surface area contributed by atoms with E-state index in [0.717, 1.165) is 17.2 Å². The fraction of sp³-hybridized carbons (Fsp3) is 0.125. The second kappa shape index (κ2) is 5.66. The van der Waals surface area contributed by atoms with E-state index in [9.17, 15) is 14.7 Å². The standard InChI is InChI=1S/C16H15NO4/c1-9-3-4-10(2)12(7-9)15(19)17-13-6-5-11(16(20)21)8-14(13)18/h3-8,18H,1-2H3,(H,17,19)(H,20,21). The van der Waals surface area contributed by atoms with Crippen LogP contribution in [0.4, 0.5) is 5.69 Å². The number of carboxylic acid groups (broad SMARTS) is 1. The lowest BCUT2D eigenvalue weighted by Gasteiger charge is -2.10. The minimum absolute atomic E-state index is 0.0442. The number of rotatable bonds is 3. The first-order chi connectivity index (χ1) is 9.88. The molecule has 0 fully saturated rings. The molecule has 2 aromatic rings. The largest absolute Gasteiger partial charge is 0.506 e. The third-order valence-electron chi connectivity index (χ3n) is 3.13. The molecule has 3 N–H and O–H groups in total. The third kappa shape index (κ3) is 3.20. The minimum Gasteiger partial charge on any atom is -0.506 e. The zero-order valence-electron chi connectivity index (χ0n) is 11.7. The molecule has 0 saturated carbocycles. The fourth-order valence-electron chi connectivity index (χ4n) is 1.94. The van der Waals surface area contributed by atoms with E-state index in [1.165, 1.54) is 12.1 Å². The summed E-state index contributed by atoms with van der Waals surface area (Å²) in [5.74, 6) is -1.78. The first-order valence-corrected chi connectivity index (χ1v) is 6.33. The number of aromatic hydroxyl groups is 1. The Morgan fingerprint density at radius 1 is 1.05 bits per heavy atom. The average molecular weight is 285 g/mol. The number of aromatic carboxylic acids is 1. The number of benzene rings is 2. The molecule has 2 rings (SSSR count). The van der Waals surface area contributed by atoms with E-state index in [1.54, 1.807) is 6.07 Å². The van der Waals surface area contributed by atoms with Crippen LogP contribution in [-0.4, -0.2) is 22.1 Å². The maximum absolute atomic E-state index is 12.2. The molecule has 108 valence electrons. The molecular weight excluding hydrogens is 270 g/mol. The van der Waals surface area contributed by atoms with Crippen LogP contribution >= 0.6 is 0 Å². The zero-order chi connectivity index (χ0) is 15.6. The topological polar surface area (TPSA) is 86.6 Å². The highest BCUT2D eigenvalue weighted by Crippen LogP contribution is 2.25. The Morgan fingerprint density at radius 3 is 2.38 bits per heavy atom. The van der Waals surface area contributed by atoms with Gasteiger partial charge in [0.1, 0.15) is 5.75 Å². The summed E-state index contributed by atoms with van der Waals surface area (Å²) in [5.41, 5.74) is 2.41. The van der Waals surface area contributed by atoms with Crippen LogP contribution in [0.1, 0.15) is 31.8 Å². The number of carbonyl (C=O) groups excluding carboxylic acids is 1. The van der Waals surface area contributed by atoms with Crippen molar-refractivity contribution in [3.8, 4) is 5.75 Å². The molecule has 21 heavy (non-hydrogen) atoms. The van der Waals surface area contributed by atoms with Crippen LogP contribution in [-0.2, 0) is 0 Å². The normalized spacial score (nSPS) is 10.2. The maximum atomic E-state index is 12.2. The molecule has 0 spiro atoms. The van der Waals surface area contributed by atoms with Crippen molar-refractivity contribution in [3.05, 3.63) is 58.7 Å². The number of amides is 1. The maximum Gasteiger partial charge on any atom is 0.335 e. The quantitative estimate of drug-likeness (QED) is 0.757. The molecule has 0 saturated heterocycles. The lowest BCUT2D eigenvalue weighted by atomic mass is 10.0. The van der Waals surface area contributed by atoms with Crippen molar-refractivity contribution < 1.29 is 19.8 Å². The smallest absolute Gasteiger partial charge is 0.335 e. The number of anilines is 1. The summed E-state index contributed by atoms with van der Waals surface area (Å²) < 4.78 is 0. The molecule has 0 atom stereocenters. The Hall–Kier alpha value is -2.82. The Labute approximate surface area is 121 Å². The van der Waals surface area contributed by atoms with Crippen LogP contribution in [0.2, 0.25) is 0 Å². The molecule has 5 nitrogen and oxygen atoms in total. The number of nitrogens with one attached hydrogen (secondary N) is 1. The van der Waals surface area contributed by atoms with E-state index in [4.69, 9.17) is 5.11 Å². The van der Waals surface area contributed by atoms with Gasteiger partial charge in [0.15, 0.2) is 0 Å². The van der Waals surface area contributed by atoms with Crippen LogP contribution in [0.15, 0.2) is 36.4 Å². The van der Waals surface area contributed by atoms with Gasteiger partial charge in [-0.05, 0) is 43.7 Å². The van der Waals surface area contributed by atoms with Crippen molar-refractivity contribution in [1.29, 1.82) is 0 Å². The van der Waals surface area contributed by atoms with Crippen molar-refractivity contribution in [1.82, 2.24) is 0 Å². The van der Waals surface area contributed by atoms with Crippen LogP contribution in [0.25, 0.3) is 0 Å². The molecule has 0 radical (unpaired) electrons. The van der Waals surface area contributed by atoms with E-state index in [2.05, 4.69) is 5.32 Å². The van der Waals surface area contributed by atoms with E-state index >= 15 is 0 Å². The highest BCUT2D eigenvalue weighted by atomic mass is 16.4. The molecule has 0 bridgehead atoms. The molecule has 1 amide bonds. The first kappa shape index (κ1) is 14.6. The number of carboxylic acids is 1. The third-order valence-corrected chi connectivity index (χ3v) is 3.13. The number of carbonyl (C=O) groups is 2. The van der Waals surface area contributed by atoms with E-state index in [1.807, 2.05) is 26.0 Å². The van der Waals surface area contributed by atoms with Crippen molar-refractivity contribution in [2.45, 2.75) is 13.8 Å². The van der Waals surface area contributed by atoms with E-state index < -0.39 is 5.97 Å². The van der Waals surface area contributed by atoms with Gasteiger partial charge in [0.05, 0.1) is 11.3 Å². The number of phenols is 1. The zero-order valence-corrected chi connectivity index (χ0v) is 11.7. The van der Waals surface area contributed by atoms with Crippen molar-refractivity contribution in [3.63, 3.8) is 0 Å². The van der Waals surface area contributed by atoms with E-state index in [-0.39, 0.29) is 22.9 Å². The second-order valence-electron chi connectivity index (χ2n) is 4.81. The van der Waals surface area contributed by atoms with Crippen LogP contribution < -0.4 is 5.32 Å². The number of phenolic OH excluding ortho intramolecular Hbond substituents is 1. The highest BCUT2D eigenvalue weighted by molar-refractivity contribution is 6.06. The van der Waals surface area contributed by atoms with Gasteiger partial charge in [0.2, 0.25) is 0 Å². The highest BCUT2D eigenvalue weighted by Gasteiger charge is 2.13. The molecular formula is C16H15NO4. The van der Waals surface area contributed by atoms with Gasteiger partial charge < -0.3 is 15.5 Å². The fourth-order valence-corrected chi connectivity index (χ4v) is 1.94. The van der Waals surface area contributed by atoms with Crippen LogP contribution in [0.5, 0.6) is 5.75 Å².